The van der Waals surface area contributed by atoms with Crippen LogP contribution in [0, 0.1) is 0 Å². The molecule has 1 aromatic heterocycles. The number of benzene rings is 2. The van der Waals surface area contributed by atoms with E-state index in [4.69, 9.17) is 4.74 Å². The molecule has 0 N–H and O–H groups in total. The largest absolute Gasteiger partial charge is 0.488 e. The Bertz CT molecular complexity index is 897. The maximum Gasteiger partial charge on any atom is 0.120 e. The second-order valence-corrected chi connectivity index (χ2v) is 9.65. The summed E-state index contributed by atoms with van der Waals surface area (Å²) in [5, 5.41) is 0. The SMILES string of the molecule is CCC(CC(CC(C)c1ccncc1)c1ccccc1)c1ccc(OC(C)(C)C)cc1. The fraction of sp³-hybridized carbons (Fsp3) is 0.414. The Morgan fingerprint density at radius 3 is 1.94 bits per heavy atom. The first-order chi connectivity index (χ1) is 14.9. The average Bonchev–Trinajstić information content (AvgIpc) is 2.77. The molecule has 0 aliphatic carbocycles. The third-order valence-corrected chi connectivity index (χ3v) is 6.02. The van der Waals surface area contributed by atoms with Crippen LogP contribution >= 0.6 is 0 Å². The van der Waals surface area contributed by atoms with Crippen molar-refractivity contribution in [1.82, 2.24) is 4.98 Å². The van der Waals surface area contributed by atoms with E-state index in [0.29, 0.717) is 17.8 Å². The van der Waals surface area contributed by atoms with E-state index in [1.54, 1.807) is 0 Å². The van der Waals surface area contributed by atoms with Crippen molar-refractivity contribution >= 4 is 0 Å². The van der Waals surface area contributed by atoms with Crippen LogP contribution in [0.25, 0.3) is 0 Å². The third kappa shape index (κ3) is 6.95. The number of nitrogens with zero attached hydrogens (tertiary/aromatic N) is 1. The quantitative estimate of drug-likeness (QED) is 0.352. The molecule has 3 atom stereocenters. The smallest absolute Gasteiger partial charge is 0.120 e. The molecule has 0 aliphatic rings. The lowest BCUT2D eigenvalue weighted by Gasteiger charge is -2.27. The van der Waals surface area contributed by atoms with Crippen LogP contribution in [0.3, 0.4) is 0 Å². The Balaban J connectivity index is 1.78. The van der Waals surface area contributed by atoms with E-state index in [2.05, 4.69) is 106 Å². The Morgan fingerprint density at radius 1 is 0.742 bits per heavy atom. The average molecular weight is 416 g/mol. The van der Waals surface area contributed by atoms with Crippen molar-refractivity contribution in [3.05, 3.63) is 95.8 Å². The molecule has 2 nitrogen and oxygen atoms in total. The maximum absolute atomic E-state index is 6.02. The molecule has 0 radical (unpaired) electrons. The summed E-state index contributed by atoms with van der Waals surface area (Å²) in [5.41, 5.74) is 4.04. The molecule has 0 saturated heterocycles. The van der Waals surface area contributed by atoms with Gasteiger partial charge in [0.25, 0.3) is 0 Å². The van der Waals surface area contributed by atoms with E-state index >= 15 is 0 Å². The molecule has 0 amide bonds. The van der Waals surface area contributed by atoms with Gasteiger partial charge in [0, 0.05) is 12.4 Å². The number of ether oxygens (including phenoxy) is 1. The van der Waals surface area contributed by atoms with Gasteiger partial charge in [0.05, 0.1) is 0 Å². The standard InChI is InChI=1S/C29H37NO/c1-6-23(26-12-14-28(15-13-26)31-29(3,4)5)21-27(25-10-8-7-9-11-25)20-22(2)24-16-18-30-19-17-24/h7-19,22-23,27H,6,20-21H2,1-5H3. The lowest BCUT2D eigenvalue weighted by Crippen LogP contribution is -2.22. The van der Waals surface area contributed by atoms with Crippen LogP contribution in [0.5, 0.6) is 5.75 Å². The summed E-state index contributed by atoms with van der Waals surface area (Å²) in [6, 6.07) is 24.1. The van der Waals surface area contributed by atoms with E-state index in [-0.39, 0.29) is 5.60 Å². The van der Waals surface area contributed by atoms with Gasteiger partial charge in [0.2, 0.25) is 0 Å². The number of hydrogen-bond donors (Lipinski definition) is 0. The Morgan fingerprint density at radius 2 is 1.35 bits per heavy atom. The Hall–Kier alpha value is -2.61. The normalized spacial score (nSPS) is 14.6. The number of pyridine rings is 1. The van der Waals surface area contributed by atoms with Gasteiger partial charge < -0.3 is 4.74 Å². The molecule has 0 bridgehead atoms. The molecule has 3 aromatic rings. The molecule has 0 saturated carbocycles. The number of hydrogen-bond acceptors (Lipinski definition) is 2. The molecule has 164 valence electrons. The van der Waals surface area contributed by atoms with Gasteiger partial charge in [-0.15, -0.1) is 0 Å². The molecule has 3 rings (SSSR count). The lowest BCUT2D eigenvalue weighted by atomic mass is 9.78. The monoisotopic (exact) mass is 415 g/mol. The van der Waals surface area contributed by atoms with Gasteiger partial charge in [-0.1, -0.05) is 56.3 Å². The summed E-state index contributed by atoms with van der Waals surface area (Å²) in [6.45, 7) is 10.9. The zero-order chi connectivity index (χ0) is 22.3. The molecule has 0 fully saturated rings. The van der Waals surface area contributed by atoms with Crippen LogP contribution in [0.15, 0.2) is 79.1 Å². The summed E-state index contributed by atoms with van der Waals surface area (Å²) in [7, 11) is 0. The zero-order valence-electron chi connectivity index (χ0n) is 19.7. The molecule has 2 aromatic carbocycles. The molecular formula is C29H37NO. The first-order valence-electron chi connectivity index (χ1n) is 11.6. The molecule has 31 heavy (non-hydrogen) atoms. The van der Waals surface area contributed by atoms with Crippen LogP contribution in [0.4, 0.5) is 0 Å². The summed E-state index contributed by atoms with van der Waals surface area (Å²) >= 11 is 0. The Labute approximate surface area is 188 Å². The fourth-order valence-corrected chi connectivity index (χ4v) is 4.39. The Kier molecular flexibility index (Phi) is 7.90. The van der Waals surface area contributed by atoms with Gasteiger partial charge in [-0.25, -0.2) is 0 Å². The lowest BCUT2D eigenvalue weighted by molar-refractivity contribution is 0.131. The second kappa shape index (κ2) is 10.6. The van der Waals surface area contributed by atoms with E-state index in [0.717, 1.165) is 25.0 Å². The van der Waals surface area contributed by atoms with Crippen molar-refractivity contribution in [3.8, 4) is 5.75 Å². The first-order valence-corrected chi connectivity index (χ1v) is 11.6. The minimum atomic E-state index is -0.173. The maximum atomic E-state index is 6.02. The van der Waals surface area contributed by atoms with Crippen molar-refractivity contribution in [1.29, 1.82) is 0 Å². The van der Waals surface area contributed by atoms with E-state index in [1.807, 2.05) is 12.4 Å². The van der Waals surface area contributed by atoms with Crippen molar-refractivity contribution in [2.24, 2.45) is 0 Å². The van der Waals surface area contributed by atoms with Gasteiger partial charge in [-0.2, -0.15) is 0 Å². The van der Waals surface area contributed by atoms with Crippen LogP contribution in [0.1, 0.15) is 88.3 Å². The predicted molar refractivity (Wildman–Crippen MR) is 131 cm³/mol. The summed E-state index contributed by atoms with van der Waals surface area (Å²) in [4.78, 5) is 4.19. The zero-order valence-corrected chi connectivity index (χ0v) is 19.7. The minimum absolute atomic E-state index is 0.173. The molecule has 1 heterocycles. The highest BCUT2D eigenvalue weighted by Crippen LogP contribution is 2.38. The van der Waals surface area contributed by atoms with Gasteiger partial charge in [-0.3, -0.25) is 4.98 Å². The summed E-state index contributed by atoms with van der Waals surface area (Å²) < 4.78 is 6.02. The number of rotatable bonds is 9. The summed E-state index contributed by atoms with van der Waals surface area (Å²) in [5.74, 6) is 2.48. The van der Waals surface area contributed by atoms with E-state index in [1.165, 1.54) is 16.7 Å². The van der Waals surface area contributed by atoms with Crippen molar-refractivity contribution in [2.45, 2.75) is 77.2 Å². The van der Waals surface area contributed by atoms with Crippen LogP contribution in [-0.2, 0) is 0 Å². The van der Waals surface area contributed by atoms with Crippen molar-refractivity contribution < 1.29 is 4.74 Å². The molecule has 0 aliphatic heterocycles. The van der Waals surface area contributed by atoms with Crippen molar-refractivity contribution in [3.63, 3.8) is 0 Å². The highest BCUT2D eigenvalue weighted by molar-refractivity contribution is 5.31. The van der Waals surface area contributed by atoms with Gasteiger partial charge in [-0.05, 0) is 98.7 Å². The molecule has 2 heteroatoms. The highest BCUT2D eigenvalue weighted by atomic mass is 16.5. The summed E-state index contributed by atoms with van der Waals surface area (Å²) in [6.07, 6.45) is 7.22. The minimum Gasteiger partial charge on any atom is -0.488 e. The fourth-order valence-electron chi connectivity index (χ4n) is 4.39. The van der Waals surface area contributed by atoms with Gasteiger partial charge in [0.1, 0.15) is 11.4 Å². The molecule has 3 unspecified atom stereocenters. The van der Waals surface area contributed by atoms with Crippen molar-refractivity contribution in [2.75, 3.05) is 0 Å². The van der Waals surface area contributed by atoms with E-state index in [9.17, 15) is 0 Å². The molecule has 0 spiro atoms. The predicted octanol–water partition coefficient (Wildman–Crippen LogP) is 8.12. The third-order valence-electron chi connectivity index (χ3n) is 6.02. The topological polar surface area (TPSA) is 22.1 Å². The van der Waals surface area contributed by atoms with Gasteiger partial charge >= 0.3 is 0 Å². The van der Waals surface area contributed by atoms with Crippen LogP contribution in [0.2, 0.25) is 0 Å². The molecular weight excluding hydrogens is 378 g/mol. The first kappa shape index (κ1) is 23.1. The highest BCUT2D eigenvalue weighted by Gasteiger charge is 2.22. The van der Waals surface area contributed by atoms with Crippen LogP contribution < -0.4 is 4.74 Å². The van der Waals surface area contributed by atoms with Crippen LogP contribution in [-0.4, -0.2) is 10.6 Å². The van der Waals surface area contributed by atoms with Gasteiger partial charge in [0.15, 0.2) is 0 Å². The van der Waals surface area contributed by atoms with E-state index < -0.39 is 0 Å². The second-order valence-electron chi connectivity index (χ2n) is 9.65. The number of aromatic nitrogens is 1.